The molecule has 1 nitrogen and oxygen atoms in total. The molecule has 0 bridgehead atoms. The first kappa shape index (κ1) is 16.7. The summed E-state index contributed by atoms with van der Waals surface area (Å²) in [4.78, 5) is 0. The second kappa shape index (κ2) is 6.60. The molecule has 0 aliphatic carbocycles. The van der Waals surface area contributed by atoms with Crippen LogP contribution in [-0.4, -0.2) is 7.85 Å². The van der Waals surface area contributed by atoms with Crippen molar-refractivity contribution in [2.45, 2.75) is 53.4 Å². The van der Waals surface area contributed by atoms with Gasteiger partial charge >= 0.3 is 0 Å². The minimum Gasteiger partial charge on any atom is -0.398 e. The SMILES string of the molecule is [B]c1cc(C)c(Cc2ccc(N)c(C(C)C)c2C)c(CC)c1. The number of rotatable bonds is 4. The fraction of sp³-hybridized carbons (Fsp3) is 0.400. The van der Waals surface area contributed by atoms with Crippen LogP contribution in [0, 0.1) is 13.8 Å². The highest BCUT2D eigenvalue weighted by Gasteiger charge is 2.14. The van der Waals surface area contributed by atoms with E-state index in [-0.39, 0.29) is 0 Å². The normalized spacial score (nSPS) is 11.2. The molecule has 0 atom stereocenters. The van der Waals surface area contributed by atoms with Crippen LogP contribution >= 0.6 is 0 Å². The van der Waals surface area contributed by atoms with E-state index in [9.17, 15) is 0 Å². The van der Waals surface area contributed by atoms with Crippen molar-refractivity contribution in [1.82, 2.24) is 0 Å². The van der Waals surface area contributed by atoms with Crippen LogP contribution in [0.5, 0.6) is 0 Å². The third-order valence-corrected chi connectivity index (χ3v) is 4.57. The summed E-state index contributed by atoms with van der Waals surface area (Å²) in [5, 5.41) is 0. The van der Waals surface area contributed by atoms with Crippen molar-refractivity contribution in [3.8, 4) is 0 Å². The number of nitrogens with two attached hydrogens (primary N) is 1. The van der Waals surface area contributed by atoms with E-state index in [0.717, 1.165) is 24.0 Å². The number of hydrogen-bond acceptors (Lipinski definition) is 1. The Balaban J connectivity index is 2.51. The van der Waals surface area contributed by atoms with Crippen molar-refractivity contribution in [2.75, 3.05) is 5.73 Å². The molecule has 2 N–H and O–H groups in total. The van der Waals surface area contributed by atoms with Crippen molar-refractivity contribution in [2.24, 2.45) is 0 Å². The maximum absolute atomic E-state index is 6.17. The van der Waals surface area contributed by atoms with Gasteiger partial charge in [0.1, 0.15) is 7.85 Å². The highest BCUT2D eigenvalue weighted by Crippen LogP contribution is 2.30. The summed E-state index contributed by atoms with van der Waals surface area (Å²) < 4.78 is 0. The molecule has 0 aliphatic rings. The van der Waals surface area contributed by atoms with Crippen LogP contribution in [-0.2, 0) is 12.8 Å². The van der Waals surface area contributed by atoms with E-state index >= 15 is 0 Å². The summed E-state index contributed by atoms with van der Waals surface area (Å²) in [6.45, 7) is 10.9. The zero-order valence-corrected chi connectivity index (χ0v) is 14.5. The first-order valence-corrected chi connectivity index (χ1v) is 8.10. The predicted octanol–water partition coefficient (Wildman–Crippen LogP) is 3.96. The minimum atomic E-state index is 0.443. The molecule has 0 unspecified atom stereocenters. The molecule has 2 aromatic rings. The lowest BCUT2D eigenvalue weighted by molar-refractivity contribution is 0.854. The maximum Gasteiger partial charge on any atom is 0.113 e. The average Bonchev–Trinajstić information content (AvgIpc) is 2.43. The first-order chi connectivity index (χ1) is 10.3. The van der Waals surface area contributed by atoms with Gasteiger partial charge in [-0.25, -0.2) is 0 Å². The van der Waals surface area contributed by atoms with E-state index in [1.54, 1.807) is 0 Å². The van der Waals surface area contributed by atoms with Crippen LogP contribution in [0.25, 0.3) is 0 Å². The van der Waals surface area contributed by atoms with Crippen molar-refractivity contribution in [3.63, 3.8) is 0 Å². The van der Waals surface area contributed by atoms with Gasteiger partial charge in [0.15, 0.2) is 0 Å². The van der Waals surface area contributed by atoms with Crippen molar-refractivity contribution in [1.29, 1.82) is 0 Å². The number of aryl methyl sites for hydroxylation is 2. The number of nitrogen functional groups attached to an aromatic ring is 1. The molecule has 0 amide bonds. The molecule has 2 aromatic carbocycles. The fourth-order valence-corrected chi connectivity index (χ4v) is 3.43. The standard InChI is InChI=1S/C20H26BN/c1-6-15-10-17(21)9-13(4)18(15)11-16-7-8-19(22)20(12(2)3)14(16)5/h7-10,12H,6,11,22H2,1-5H3. The molecule has 2 heteroatoms. The fourth-order valence-electron chi connectivity index (χ4n) is 3.43. The quantitative estimate of drug-likeness (QED) is 0.670. The Bertz CT molecular complexity index is 687. The highest BCUT2D eigenvalue weighted by atomic mass is 14.6. The van der Waals surface area contributed by atoms with Gasteiger partial charge in [0.05, 0.1) is 0 Å². The molecule has 2 rings (SSSR count). The van der Waals surface area contributed by atoms with Crippen LogP contribution in [0.1, 0.15) is 60.1 Å². The Hall–Kier alpha value is -1.70. The highest BCUT2D eigenvalue weighted by molar-refractivity contribution is 6.32. The van der Waals surface area contributed by atoms with E-state index in [0.29, 0.717) is 5.92 Å². The summed E-state index contributed by atoms with van der Waals surface area (Å²) in [5.41, 5.74) is 15.9. The van der Waals surface area contributed by atoms with Crippen LogP contribution in [0.3, 0.4) is 0 Å². The number of hydrogen-bond donors (Lipinski definition) is 1. The topological polar surface area (TPSA) is 26.0 Å². The van der Waals surface area contributed by atoms with Crippen LogP contribution in [0.4, 0.5) is 5.69 Å². The molecular weight excluding hydrogens is 265 g/mol. The van der Waals surface area contributed by atoms with Gasteiger partial charge < -0.3 is 5.73 Å². The Kier molecular flexibility index (Phi) is 5.00. The molecule has 0 fully saturated rings. The Morgan fingerprint density at radius 2 is 1.77 bits per heavy atom. The molecule has 2 radical (unpaired) electrons. The van der Waals surface area contributed by atoms with E-state index in [2.05, 4.69) is 58.9 Å². The average molecular weight is 291 g/mol. The van der Waals surface area contributed by atoms with E-state index in [1.165, 1.54) is 33.4 Å². The third-order valence-electron chi connectivity index (χ3n) is 4.57. The molecular formula is C20H26BN. The van der Waals surface area contributed by atoms with Crippen LogP contribution < -0.4 is 11.2 Å². The van der Waals surface area contributed by atoms with Gasteiger partial charge in [-0.2, -0.15) is 0 Å². The number of benzene rings is 2. The first-order valence-electron chi connectivity index (χ1n) is 8.10. The lowest BCUT2D eigenvalue weighted by Gasteiger charge is -2.19. The summed E-state index contributed by atoms with van der Waals surface area (Å²) in [6, 6.07) is 8.41. The molecule has 0 heterocycles. The van der Waals surface area contributed by atoms with Gasteiger partial charge in [0.2, 0.25) is 0 Å². The second-order valence-electron chi connectivity index (χ2n) is 6.51. The summed E-state index contributed by atoms with van der Waals surface area (Å²) >= 11 is 0. The van der Waals surface area contributed by atoms with Gasteiger partial charge in [-0.05, 0) is 72.1 Å². The second-order valence-corrected chi connectivity index (χ2v) is 6.51. The zero-order valence-electron chi connectivity index (χ0n) is 14.5. The van der Waals surface area contributed by atoms with Crippen LogP contribution in [0.15, 0.2) is 24.3 Å². The lowest BCUT2D eigenvalue weighted by Crippen LogP contribution is -2.10. The summed E-state index contributed by atoms with van der Waals surface area (Å²) in [5.74, 6) is 0.443. The minimum absolute atomic E-state index is 0.443. The Labute approximate surface area is 136 Å². The molecule has 0 saturated carbocycles. The van der Waals surface area contributed by atoms with Crippen LogP contribution in [0.2, 0.25) is 0 Å². The predicted molar refractivity (Wildman–Crippen MR) is 98.4 cm³/mol. The van der Waals surface area contributed by atoms with Crippen molar-refractivity contribution in [3.05, 3.63) is 57.6 Å². The Morgan fingerprint density at radius 1 is 1.09 bits per heavy atom. The third kappa shape index (κ3) is 3.21. The monoisotopic (exact) mass is 291 g/mol. The van der Waals surface area contributed by atoms with Gasteiger partial charge in [-0.1, -0.05) is 44.4 Å². The summed E-state index contributed by atoms with van der Waals surface area (Å²) in [7, 11) is 5.99. The van der Waals surface area contributed by atoms with E-state index in [1.807, 2.05) is 0 Å². The molecule has 0 spiro atoms. The molecule has 22 heavy (non-hydrogen) atoms. The zero-order chi connectivity index (χ0) is 16.4. The van der Waals surface area contributed by atoms with Crippen molar-refractivity contribution >= 4 is 19.0 Å². The van der Waals surface area contributed by atoms with Gasteiger partial charge in [-0.15, -0.1) is 0 Å². The molecule has 0 aliphatic heterocycles. The number of anilines is 1. The smallest absolute Gasteiger partial charge is 0.113 e. The largest absolute Gasteiger partial charge is 0.398 e. The summed E-state index contributed by atoms with van der Waals surface area (Å²) in [6.07, 6.45) is 1.95. The molecule has 114 valence electrons. The van der Waals surface area contributed by atoms with Gasteiger partial charge in [-0.3, -0.25) is 0 Å². The van der Waals surface area contributed by atoms with Gasteiger partial charge in [0, 0.05) is 5.69 Å². The van der Waals surface area contributed by atoms with E-state index in [4.69, 9.17) is 13.6 Å². The van der Waals surface area contributed by atoms with Gasteiger partial charge in [0.25, 0.3) is 0 Å². The van der Waals surface area contributed by atoms with E-state index < -0.39 is 0 Å². The van der Waals surface area contributed by atoms with Crippen molar-refractivity contribution < 1.29 is 0 Å². The lowest BCUT2D eigenvalue weighted by atomic mass is 9.84. The Morgan fingerprint density at radius 3 is 2.36 bits per heavy atom. The maximum atomic E-state index is 6.17. The molecule has 0 aromatic heterocycles. The molecule has 0 saturated heterocycles.